The number of ketones is 1. The van der Waals surface area contributed by atoms with Crippen molar-refractivity contribution in [3.63, 3.8) is 0 Å². The Morgan fingerprint density at radius 3 is 2.31 bits per heavy atom. The van der Waals surface area contributed by atoms with Gasteiger partial charge >= 0.3 is 0 Å². The number of hydrogen-bond donors (Lipinski definition) is 1. The first-order valence-corrected chi connectivity index (χ1v) is 7.54. The highest BCUT2D eigenvalue weighted by molar-refractivity contribution is 7.89. The molecule has 0 aliphatic carbocycles. The second-order valence-electron chi connectivity index (χ2n) is 4.29. The van der Waals surface area contributed by atoms with Gasteiger partial charge in [-0.15, -0.1) is 0 Å². The van der Waals surface area contributed by atoms with Gasteiger partial charge in [-0.1, -0.05) is 13.3 Å². The van der Waals surface area contributed by atoms with Gasteiger partial charge in [0.1, 0.15) is 5.78 Å². The number of carbonyl (C=O) groups excluding carboxylic acids is 1. The highest BCUT2D eigenvalue weighted by atomic mass is 32.2. The number of hydrogen-bond acceptors (Lipinski definition) is 3. The zero-order valence-electron chi connectivity index (χ0n) is 10.5. The number of Topliss-reactive ketones (excluding diaryl/α,β-unsaturated/α-hetero) is 1. The summed E-state index contributed by atoms with van der Waals surface area (Å²) in [5.74, 6) is 0.411. The van der Waals surface area contributed by atoms with E-state index in [0.717, 1.165) is 12.8 Å². The molecule has 0 aromatic rings. The molecular weight excluding hydrogens is 226 g/mol. The Kier molecular flexibility index (Phi) is 7.58. The number of carbonyl (C=O) groups is 1. The molecule has 96 valence electrons. The van der Waals surface area contributed by atoms with Crippen LogP contribution in [0.4, 0.5) is 0 Å². The summed E-state index contributed by atoms with van der Waals surface area (Å²) in [6, 6.07) is -0.0494. The second kappa shape index (κ2) is 7.79. The first kappa shape index (κ1) is 15.6. The summed E-state index contributed by atoms with van der Waals surface area (Å²) in [5, 5.41) is 0. The van der Waals surface area contributed by atoms with Crippen LogP contribution < -0.4 is 4.72 Å². The van der Waals surface area contributed by atoms with E-state index in [9.17, 15) is 13.2 Å². The predicted octanol–water partition coefficient (Wildman–Crippen LogP) is 1.85. The lowest BCUT2D eigenvalue weighted by Gasteiger charge is -2.08. The number of rotatable bonds is 9. The molecule has 0 aromatic heterocycles. The number of sulfonamides is 1. The summed E-state index contributed by atoms with van der Waals surface area (Å²) in [7, 11) is -3.12. The van der Waals surface area contributed by atoms with Gasteiger partial charge in [-0.25, -0.2) is 13.1 Å². The van der Waals surface area contributed by atoms with E-state index < -0.39 is 10.0 Å². The van der Waals surface area contributed by atoms with E-state index in [1.807, 2.05) is 6.92 Å². The molecule has 0 fully saturated rings. The molecule has 4 nitrogen and oxygen atoms in total. The lowest BCUT2D eigenvalue weighted by Crippen LogP contribution is -2.32. The van der Waals surface area contributed by atoms with Crippen molar-refractivity contribution < 1.29 is 13.2 Å². The monoisotopic (exact) mass is 249 g/mol. The Labute approximate surface area is 98.9 Å². The fourth-order valence-electron chi connectivity index (χ4n) is 1.39. The Morgan fingerprint density at radius 2 is 1.81 bits per heavy atom. The van der Waals surface area contributed by atoms with Crippen molar-refractivity contribution in [1.29, 1.82) is 0 Å². The van der Waals surface area contributed by atoms with Crippen molar-refractivity contribution in [2.75, 3.05) is 5.75 Å². The van der Waals surface area contributed by atoms with Gasteiger partial charge < -0.3 is 0 Å². The van der Waals surface area contributed by atoms with Crippen molar-refractivity contribution >= 4 is 15.8 Å². The highest BCUT2D eigenvalue weighted by Crippen LogP contribution is 2.04. The molecule has 0 saturated carbocycles. The maximum atomic E-state index is 11.4. The summed E-state index contributed by atoms with van der Waals surface area (Å²) in [6.45, 7) is 5.45. The van der Waals surface area contributed by atoms with E-state index in [1.165, 1.54) is 0 Å². The topological polar surface area (TPSA) is 63.2 Å². The van der Waals surface area contributed by atoms with Gasteiger partial charge in [0.2, 0.25) is 10.0 Å². The standard InChI is InChI=1S/C11H23NO3S/c1-4-11(13)8-6-5-7-9-16(14,15)12-10(2)3/h10,12H,4-9H2,1-3H3. The molecule has 0 aromatic carbocycles. The normalized spacial score (nSPS) is 12.0. The Morgan fingerprint density at radius 1 is 1.19 bits per heavy atom. The molecule has 0 rings (SSSR count). The lowest BCUT2D eigenvalue weighted by molar-refractivity contribution is -0.118. The average molecular weight is 249 g/mol. The van der Waals surface area contributed by atoms with Crippen LogP contribution in [0.2, 0.25) is 0 Å². The van der Waals surface area contributed by atoms with E-state index in [1.54, 1.807) is 13.8 Å². The van der Waals surface area contributed by atoms with E-state index in [4.69, 9.17) is 0 Å². The highest BCUT2D eigenvalue weighted by Gasteiger charge is 2.10. The minimum Gasteiger partial charge on any atom is -0.300 e. The third-order valence-corrected chi connectivity index (χ3v) is 3.83. The molecule has 1 N–H and O–H groups in total. The van der Waals surface area contributed by atoms with Crippen LogP contribution in [-0.2, 0) is 14.8 Å². The van der Waals surface area contributed by atoms with Crippen molar-refractivity contribution in [3.05, 3.63) is 0 Å². The average Bonchev–Trinajstić information content (AvgIpc) is 2.14. The Bertz CT molecular complexity index is 296. The molecule has 0 aliphatic rings. The summed E-state index contributed by atoms with van der Waals surface area (Å²) in [6.07, 6.45) is 3.37. The van der Waals surface area contributed by atoms with Gasteiger partial charge in [-0.05, 0) is 26.7 Å². The Balaban J connectivity index is 3.62. The number of unbranched alkanes of at least 4 members (excludes halogenated alkanes) is 2. The van der Waals surface area contributed by atoms with Crippen LogP contribution in [-0.4, -0.2) is 26.0 Å². The van der Waals surface area contributed by atoms with Crippen LogP contribution in [0, 0.1) is 0 Å². The van der Waals surface area contributed by atoms with Crippen LogP contribution in [0.5, 0.6) is 0 Å². The van der Waals surface area contributed by atoms with Crippen LogP contribution in [0.15, 0.2) is 0 Å². The minimum absolute atomic E-state index is 0.0494. The summed E-state index contributed by atoms with van der Waals surface area (Å²) in [4.78, 5) is 11.0. The van der Waals surface area contributed by atoms with Crippen LogP contribution in [0.1, 0.15) is 52.9 Å². The molecule has 16 heavy (non-hydrogen) atoms. The van der Waals surface area contributed by atoms with Crippen LogP contribution >= 0.6 is 0 Å². The predicted molar refractivity (Wildman–Crippen MR) is 65.8 cm³/mol. The zero-order valence-corrected chi connectivity index (χ0v) is 11.3. The molecule has 0 amide bonds. The van der Waals surface area contributed by atoms with Gasteiger partial charge in [0.25, 0.3) is 0 Å². The third kappa shape index (κ3) is 8.85. The molecule has 0 saturated heterocycles. The maximum absolute atomic E-state index is 11.4. The zero-order chi connectivity index (χ0) is 12.6. The van der Waals surface area contributed by atoms with Crippen LogP contribution in [0.3, 0.4) is 0 Å². The molecule has 5 heteroatoms. The lowest BCUT2D eigenvalue weighted by atomic mass is 10.1. The van der Waals surface area contributed by atoms with E-state index in [0.29, 0.717) is 19.3 Å². The number of nitrogens with one attached hydrogen (secondary N) is 1. The van der Waals surface area contributed by atoms with Crippen LogP contribution in [0.25, 0.3) is 0 Å². The fourth-order valence-corrected chi connectivity index (χ4v) is 2.81. The van der Waals surface area contributed by atoms with Gasteiger partial charge in [0, 0.05) is 18.9 Å². The second-order valence-corrected chi connectivity index (χ2v) is 6.17. The van der Waals surface area contributed by atoms with Crippen molar-refractivity contribution in [3.8, 4) is 0 Å². The minimum atomic E-state index is -3.12. The van der Waals surface area contributed by atoms with Gasteiger partial charge in [-0.2, -0.15) is 0 Å². The molecule has 0 atom stereocenters. The summed E-state index contributed by atoms with van der Waals surface area (Å²) in [5.41, 5.74) is 0. The maximum Gasteiger partial charge on any atom is 0.211 e. The third-order valence-electron chi connectivity index (χ3n) is 2.18. The molecule has 0 aliphatic heterocycles. The molecule has 0 bridgehead atoms. The largest absolute Gasteiger partial charge is 0.300 e. The van der Waals surface area contributed by atoms with Crippen molar-refractivity contribution in [2.24, 2.45) is 0 Å². The SMILES string of the molecule is CCC(=O)CCCCCS(=O)(=O)NC(C)C. The first-order valence-electron chi connectivity index (χ1n) is 5.89. The first-order chi connectivity index (χ1) is 7.37. The smallest absolute Gasteiger partial charge is 0.211 e. The van der Waals surface area contributed by atoms with Crippen molar-refractivity contribution in [2.45, 2.75) is 58.9 Å². The van der Waals surface area contributed by atoms with E-state index in [-0.39, 0.29) is 17.6 Å². The molecule has 0 unspecified atom stereocenters. The van der Waals surface area contributed by atoms with E-state index in [2.05, 4.69) is 4.72 Å². The molecule has 0 spiro atoms. The van der Waals surface area contributed by atoms with Gasteiger partial charge in [-0.3, -0.25) is 4.79 Å². The molecule has 0 radical (unpaired) electrons. The van der Waals surface area contributed by atoms with Gasteiger partial charge in [0.05, 0.1) is 5.75 Å². The quantitative estimate of drug-likeness (QED) is 0.634. The summed E-state index contributed by atoms with van der Waals surface area (Å²) >= 11 is 0. The Hall–Kier alpha value is -0.420. The van der Waals surface area contributed by atoms with Gasteiger partial charge in [0.15, 0.2) is 0 Å². The molecular formula is C11H23NO3S. The van der Waals surface area contributed by atoms with E-state index >= 15 is 0 Å². The summed E-state index contributed by atoms with van der Waals surface area (Å²) < 4.78 is 25.4. The van der Waals surface area contributed by atoms with Crippen molar-refractivity contribution in [1.82, 2.24) is 4.72 Å². The molecule has 0 heterocycles. The fraction of sp³-hybridized carbons (Fsp3) is 0.909.